The number of sulfonamides is 1. The molecule has 0 saturated heterocycles. The summed E-state index contributed by atoms with van der Waals surface area (Å²) in [5.41, 5.74) is 1.49. The van der Waals surface area contributed by atoms with Gasteiger partial charge in [-0.2, -0.15) is 0 Å². The molecule has 6 heteroatoms. The van der Waals surface area contributed by atoms with Crippen LogP contribution in [0.3, 0.4) is 0 Å². The zero-order valence-electron chi connectivity index (χ0n) is 10.7. The number of benzene rings is 1. The fourth-order valence-electron chi connectivity index (χ4n) is 1.61. The van der Waals surface area contributed by atoms with Gasteiger partial charge in [-0.1, -0.05) is 12.1 Å². The van der Waals surface area contributed by atoms with Gasteiger partial charge in [0.05, 0.1) is 12.3 Å². The van der Waals surface area contributed by atoms with E-state index in [0.717, 1.165) is 11.8 Å². The molecule has 0 heterocycles. The second-order valence-electron chi connectivity index (χ2n) is 4.23. The molecular formula is C12H18N2O3S. The maximum absolute atomic E-state index is 11.3. The number of nitrogens with one attached hydrogen (secondary N) is 2. The second-order valence-corrected chi connectivity index (χ2v) is 5.98. The molecule has 0 radical (unpaired) electrons. The van der Waals surface area contributed by atoms with Gasteiger partial charge in [0.25, 0.3) is 0 Å². The highest BCUT2D eigenvalue weighted by Crippen LogP contribution is 2.12. The van der Waals surface area contributed by atoms with Gasteiger partial charge in [-0.05, 0) is 38.1 Å². The summed E-state index contributed by atoms with van der Waals surface area (Å²) in [5.74, 6) is 0.0795. The third kappa shape index (κ3) is 4.85. The van der Waals surface area contributed by atoms with Crippen LogP contribution in [0.15, 0.2) is 24.3 Å². The predicted octanol–water partition coefficient (Wildman–Crippen LogP) is 0.778. The van der Waals surface area contributed by atoms with E-state index in [2.05, 4.69) is 10.0 Å². The van der Waals surface area contributed by atoms with Crippen molar-refractivity contribution in [3.8, 4) is 0 Å². The fourth-order valence-corrected chi connectivity index (χ4v) is 2.17. The molecule has 0 bridgehead atoms. The Morgan fingerprint density at radius 1 is 1.28 bits per heavy atom. The molecule has 1 aromatic carbocycles. The lowest BCUT2D eigenvalue weighted by atomic mass is 10.0. The zero-order chi connectivity index (χ0) is 13.8. The molecular weight excluding hydrogens is 252 g/mol. The number of ketones is 1. The number of hydrogen-bond acceptors (Lipinski definition) is 4. The van der Waals surface area contributed by atoms with E-state index in [0.29, 0.717) is 12.1 Å². The molecule has 0 spiro atoms. The molecule has 0 fully saturated rings. The Balaban J connectivity index is 2.74. The van der Waals surface area contributed by atoms with Gasteiger partial charge in [0.1, 0.15) is 5.78 Å². The van der Waals surface area contributed by atoms with E-state index in [1.807, 2.05) is 0 Å². The lowest BCUT2D eigenvalue weighted by Crippen LogP contribution is -2.34. The van der Waals surface area contributed by atoms with Gasteiger partial charge in [0, 0.05) is 5.69 Å². The van der Waals surface area contributed by atoms with Crippen LogP contribution in [0.1, 0.15) is 12.5 Å². The van der Waals surface area contributed by atoms with Crippen LogP contribution in [0.4, 0.5) is 5.69 Å². The van der Waals surface area contributed by atoms with Gasteiger partial charge < -0.3 is 5.32 Å². The van der Waals surface area contributed by atoms with Crippen molar-refractivity contribution in [1.29, 1.82) is 0 Å². The summed E-state index contributed by atoms with van der Waals surface area (Å²) in [6.45, 7) is 1.54. The van der Waals surface area contributed by atoms with Gasteiger partial charge in [-0.3, -0.25) is 9.52 Å². The molecule has 0 aliphatic carbocycles. The highest BCUT2D eigenvalue weighted by molar-refractivity contribution is 7.92. The molecule has 1 aromatic rings. The lowest BCUT2D eigenvalue weighted by Gasteiger charge is -2.13. The summed E-state index contributed by atoms with van der Waals surface area (Å²) in [6.07, 6.45) is 1.69. The SMILES string of the molecule is CN[C@@H](Cc1ccc(NS(C)(=O)=O)cc1)C(C)=O. The van der Waals surface area contributed by atoms with Gasteiger partial charge >= 0.3 is 0 Å². The van der Waals surface area contributed by atoms with Crippen molar-refractivity contribution in [2.45, 2.75) is 19.4 Å². The summed E-state index contributed by atoms with van der Waals surface area (Å²) in [7, 11) is -1.51. The zero-order valence-corrected chi connectivity index (χ0v) is 11.5. The Morgan fingerprint density at radius 3 is 2.22 bits per heavy atom. The van der Waals surface area contributed by atoms with Crippen molar-refractivity contribution in [2.24, 2.45) is 0 Å². The first kappa shape index (κ1) is 14.7. The summed E-state index contributed by atoms with van der Waals surface area (Å²) in [4.78, 5) is 11.3. The molecule has 100 valence electrons. The molecule has 0 amide bonds. The summed E-state index contributed by atoms with van der Waals surface area (Å²) in [5, 5.41) is 2.94. The first-order chi connectivity index (χ1) is 8.31. The molecule has 0 aliphatic heterocycles. The van der Waals surface area contributed by atoms with E-state index in [4.69, 9.17) is 0 Å². The maximum atomic E-state index is 11.3. The number of hydrogen-bond donors (Lipinski definition) is 2. The summed E-state index contributed by atoms with van der Waals surface area (Å²) in [6, 6.07) is 6.77. The maximum Gasteiger partial charge on any atom is 0.229 e. The van der Waals surface area contributed by atoms with Crippen LogP contribution in [-0.4, -0.2) is 33.5 Å². The number of likely N-dealkylation sites (N-methyl/N-ethyl adjacent to an activating group) is 1. The van der Waals surface area contributed by atoms with Gasteiger partial charge in [-0.15, -0.1) is 0 Å². The number of Topliss-reactive ketones (excluding diaryl/α,β-unsaturated/α-hetero) is 1. The van der Waals surface area contributed by atoms with Crippen molar-refractivity contribution in [1.82, 2.24) is 5.32 Å². The molecule has 1 rings (SSSR count). The van der Waals surface area contributed by atoms with Crippen molar-refractivity contribution >= 4 is 21.5 Å². The quantitative estimate of drug-likeness (QED) is 0.801. The van der Waals surface area contributed by atoms with Crippen molar-refractivity contribution in [3.05, 3.63) is 29.8 Å². The minimum absolute atomic E-state index is 0.0795. The minimum Gasteiger partial charge on any atom is -0.310 e. The highest BCUT2D eigenvalue weighted by atomic mass is 32.2. The average molecular weight is 270 g/mol. The summed E-state index contributed by atoms with van der Waals surface area (Å²) >= 11 is 0. The largest absolute Gasteiger partial charge is 0.310 e. The van der Waals surface area contributed by atoms with Crippen LogP contribution in [-0.2, 0) is 21.2 Å². The Hall–Kier alpha value is -1.40. The molecule has 2 N–H and O–H groups in total. The normalized spacial score (nSPS) is 13.1. The van der Waals surface area contributed by atoms with E-state index >= 15 is 0 Å². The Labute approximate surface area is 108 Å². The first-order valence-electron chi connectivity index (χ1n) is 5.56. The van der Waals surface area contributed by atoms with E-state index < -0.39 is 10.0 Å². The second kappa shape index (κ2) is 5.97. The van der Waals surface area contributed by atoms with Crippen LogP contribution in [0.5, 0.6) is 0 Å². The van der Waals surface area contributed by atoms with E-state index in [9.17, 15) is 13.2 Å². The van der Waals surface area contributed by atoms with Crippen molar-refractivity contribution < 1.29 is 13.2 Å². The third-order valence-electron chi connectivity index (χ3n) is 2.54. The number of anilines is 1. The predicted molar refractivity (Wildman–Crippen MR) is 72.1 cm³/mol. The third-order valence-corrected chi connectivity index (χ3v) is 3.14. The van der Waals surface area contributed by atoms with Gasteiger partial charge in [0.15, 0.2) is 0 Å². The van der Waals surface area contributed by atoms with Crippen LogP contribution in [0.2, 0.25) is 0 Å². The van der Waals surface area contributed by atoms with Gasteiger partial charge in [-0.25, -0.2) is 8.42 Å². The van der Waals surface area contributed by atoms with E-state index in [1.165, 1.54) is 0 Å². The molecule has 1 atom stereocenters. The highest BCUT2D eigenvalue weighted by Gasteiger charge is 2.12. The van der Waals surface area contributed by atoms with E-state index in [1.54, 1.807) is 38.2 Å². The average Bonchev–Trinajstić information content (AvgIpc) is 2.25. The van der Waals surface area contributed by atoms with E-state index in [-0.39, 0.29) is 11.8 Å². The molecule has 0 aliphatic rings. The van der Waals surface area contributed by atoms with Crippen molar-refractivity contribution in [3.63, 3.8) is 0 Å². The molecule has 0 aromatic heterocycles. The number of carbonyl (C=O) groups is 1. The summed E-state index contributed by atoms with van der Waals surface area (Å²) < 4.78 is 24.5. The van der Waals surface area contributed by atoms with Crippen molar-refractivity contribution in [2.75, 3.05) is 18.0 Å². The monoisotopic (exact) mass is 270 g/mol. The smallest absolute Gasteiger partial charge is 0.229 e. The van der Waals surface area contributed by atoms with Crippen LogP contribution in [0.25, 0.3) is 0 Å². The minimum atomic E-state index is -3.25. The van der Waals surface area contributed by atoms with Crippen LogP contribution >= 0.6 is 0 Å². The Morgan fingerprint density at radius 2 is 1.83 bits per heavy atom. The molecule has 18 heavy (non-hydrogen) atoms. The first-order valence-corrected chi connectivity index (χ1v) is 7.45. The standard InChI is InChI=1S/C12H18N2O3S/c1-9(15)12(13-2)8-10-4-6-11(7-5-10)14-18(3,16)17/h4-7,12-14H,8H2,1-3H3/t12-/m0/s1. The van der Waals surface area contributed by atoms with Crippen LogP contribution in [0, 0.1) is 0 Å². The molecule has 0 saturated carbocycles. The Kier molecular flexibility index (Phi) is 4.86. The number of rotatable bonds is 6. The van der Waals surface area contributed by atoms with Crippen LogP contribution < -0.4 is 10.0 Å². The fraction of sp³-hybridized carbons (Fsp3) is 0.417. The molecule has 0 unspecified atom stereocenters. The topological polar surface area (TPSA) is 75.3 Å². The Bertz CT molecular complexity index is 509. The number of carbonyl (C=O) groups excluding carboxylic acids is 1. The van der Waals surface area contributed by atoms with Gasteiger partial charge in [0.2, 0.25) is 10.0 Å². The lowest BCUT2D eigenvalue weighted by molar-refractivity contribution is -0.118. The molecule has 5 nitrogen and oxygen atoms in total.